The number of rotatable bonds is 4. The van der Waals surface area contributed by atoms with Gasteiger partial charge in [-0.25, -0.2) is 0 Å². The van der Waals surface area contributed by atoms with Gasteiger partial charge in [0.15, 0.2) is 0 Å². The van der Waals surface area contributed by atoms with Gasteiger partial charge in [-0.1, -0.05) is 32.3 Å². The number of phenolic OH excluding ortho intramolecular Hbond substituents is 2. The summed E-state index contributed by atoms with van der Waals surface area (Å²) in [5.41, 5.74) is -0.0326. The normalized spacial score (nSPS) is 22.4. The van der Waals surface area contributed by atoms with Gasteiger partial charge in [0.05, 0.1) is 0 Å². The molecule has 1 amide bonds. The molecule has 3 N–H and O–H groups in total. The molecule has 110 valence electrons. The summed E-state index contributed by atoms with van der Waals surface area (Å²) < 4.78 is 0. The minimum atomic E-state index is -0.404. The third kappa shape index (κ3) is 3.44. The fourth-order valence-electron chi connectivity index (χ4n) is 2.93. The number of aromatic hydroxyl groups is 2. The molecule has 0 radical (unpaired) electrons. The second kappa shape index (κ2) is 6.64. The Balaban J connectivity index is 1.87. The summed E-state index contributed by atoms with van der Waals surface area (Å²) in [4.78, 5) is 12.0. The maximum absolute atomic E-state index is 12.0. The maximum atomic E-state index is 12.0. The average molecular weight is 277 g/mol. The average Bonchev–Trinajstić information content (AvgIpc) is 2.45. The van der Waals surface area contributed by atoms with Gasteiger partial charge in [-0.3, -0.25) is 4.79 Å². The van der Waals surface area contributed by atoms with Crippen LogP contribution in [0.1, 0.15) is 49.4 Å². The summed E-state index contributed by atoms with van der Waals surface area (Å²) in [5, 5.41) is 22.1. The summed E-state index contributed by atoms with van der Waals surface area (Å²) in [6, 6.07) is 4.32. The topological polar surface area (TPSA) is 69.6 Å². The van der Waals surface area contributed by atoms with Crippen LogP contribution in [0.15, 0.2) is 18.2 Å². The molecule has 0 saturated heterocycles. The molecular weight excluding hydrogens is 254 g/mol. The lowest BCUT2D eigenvalue weighted by molar-refractivity contribution is 0.0935. The first-order valence-electron chi connectivity index (χ1n) is 7.41. The van der Waals surface area contributed by atoms with Crippen molar-refractivity contribution in [3.8, 4) is 11.5 Å². The highest BCUT2D eigenvalue weighted by Gasteiger charge is 2.22. The fourth-order valence-corrected chi connectivity index (χ4v) is 2.93. The van der Waals surface area contributed by atoms with Crippen molar-refractivity contribution >= 4 is 5.91 Å². The Hall–Kier alpha value is -1.71. The zero-order valence-electron chi connectivity index (χ0n) is 11.9. The molecule has 20 heavy (non-hydrogen) atoms. The third-order valence-electron chi connectivity index (χ3n) is 4.34. The van der Waals surface area contributed by atoms with Crippen LogP contribution in [-0.4, -0.2) is 22.7 Å². The number of phenols is 2. The Kier molecular flexibility index (Phi) is 4.88. The van der Waals surface area contributed by atoms with E-state index in [4.69, 9.17) is 0 Å². The first-order valence-corrected chi connectivity index (χ1v) is 7.41. The van der Waals surface area contributed by atoms with Gasteiger partial charge < -0.3 is 15.5 Å². The summed E-state index contributed by atoms with van der Waals surface area (Å²) in [6.07, 6.45) is 6.00. The van der Waals surface area contributed by atoms with E-state index in [1.54, 1.807) is 0 Å². The van der Waals surface area contributed by atoms with Crippen LogP contribution in [-0.2, 0) is 0 Å². The van der Waals surface area contributed by atoms with Gasteiger partial charge in [0.1, 0.15) is 17.1 Å². The van der Waals surface area contributed by atoms with Gasteiger partial charge in [0.25, 0.3) is 5.91 Å². The molecule has 4 nitrogen and oxygen atoms in total. The SMILES string of the molecule is CCC1CCC(CNC(=O)c2c(O)cccc2O)CC1. The van der Waals surface area contributed by atoms with Crippen LogP contribution in [0.2, 0.25) is 0 Å². The molecule has 1 aliphatic rings. The predicted molar refractivity (Wildman–Crippen MR) is 77.8 cm³/mol. The lowest BCUT2D eigenvalue weighted by Crippen LogP contribution is -2.31. The molecule has 1 aliphatic carbocycles. The van der Waals surface area contributed by atoms with E-state index >= 15 is 0 Å². The highest BCUT2D eigenvalue weighted by Crippen LogP contribution is 2.30. The molecule has 0 spiro atoms. The Morgan fingerprint density at radius 2 is 1.70 bits per heavy atom. The molecule has 0 atom stereocenters. The highest BCUT2D eigenvalue weighted by atomic mass is 16.3. The summed E-state index contributed by atoms with van der Waals surface area (Å²) in [7, 11) is 0. The summed E-state index contributed by atoms with van der Waals surface area (Å²) in [5.74, 6) is 0.575. The largest absolute Gasteiger partial charge is 0.507 e. The van der Waals surface area contributed by atoms with Crippen LogP contribution in [0.4, 0.5) is 0 Å². The molecule has 1 saturated carbocycles. The Morgan fingerprint density at radius 3 is 2.25 bits per heavy atom. The van der Waals surface area contributed by atoms with E-state index in [0.717, 1.165) is 18.8 Å². The Bertz CT molecular complexity index is 445. The van der Waals surface area contributed by atoms with Crippen molar-refractivity contribution in [2.75, 3.05) is 6.54 Å². The van der Waals surface area contributed by atoms with Gasteiger partial charge >= 0.3 is 0 Å². The molecule has 1 fully saturated rings. The predicted octanol–water partition coefficient (Wildman–Crippen LogP) is 3.04. The zero-order valence-corrected chi connectivity index (χ0v) is 11.9. The first-order chi connectivity index (χ1) is 9.61. The smallest absolute Gasteiger partial charge is 0.258 e. The second-order valence-electron chi connectivity index (χ2n) is 5.68. The number of hydrogen-bond donors (Lipinski definition) is 3. The lowest BCUT2D eigenvalue weighted by atomic mass is 9.81. The lowest BCUT2D eigenvalue weighted by Gasteiger charge is -2.27. The van der Waals surface area contributed by atoms with Crippen molar-refractivity contribution in [2.24, 2.45) is 11.8 Å². The van der Waals surface area contributed by atoms with Crippen molar-refractivity contribution in [2.45, 2.75) is 39.0 Å². The number of hydrogen-bond acceptors (Lipinski definition) is 3. The quantitative estimate of drug-likeness (QED) is 0.792. The van der Waals surface area contributed by atoms with E-state index in [1.165, 1.54) is 37.5 Å². The monoisotopic (exact) mass is 277 g/mol. The van der Waals surface area contributed by atoms with Gasteiger partial charge in [-0.2, -0.15) is 0 Å². The molecule has 4 heteroatoms. The fraction of sp³-hybridized carbons (Fsp3) is 0.562. The number of carbonyl (C=O) groups excluding carboxylic acids is 1. The molecular formula is C16H23NO3. The van der Waals surface area contributed by atoms with Crippen LogP contribution in [0, 0.1) is 11.8 Å². The minimum Gasteiger partial charge on any atom is -0.507 e. The Labute approximate surface area is 119 Å². The highest BCUT2D eigenvalue weighted by molar-refractivity contribution is 5.99. The molecule has 1 aromatic rings. The molecule has 0 aromatic heterocycles. The summed E-state index contributed by atoms with van der Waals surface area (Å²) >= 11 is 0. The van der Waals surface area contributed by atoms with E-state index in [-0.39, 0.29) is 17.1 Å². The van der Waals surface area contributed by atoms with Crippen LogP contribution >= 0.6 is 0 Å². The van der Waals surface area contributed by atoms with E-state index in [1.807, 2.05) is 0 Å². The molecule has 0 bridgehead atoms. The first kappa shape index (κ1) is 14.7. The zero-order chi connectivity index (χ0) is 14.5. The molecule has 0 unspecified atom stereocenters. The maximum Gasteiger partial charge on any atom is 0.258 e. The van der Waals surface area contributed by atoms with E-state index in [0.29, 0.717) is 12.5 Å². The molecule has 0 heterocycles. The van der Waals surface area contributed by atoms with Gasteiger partial charge in [-0.05, 0) is 36.8 Å². The van der Waals surface area contributed by atoms with Crippen LogP contribution in [0.5, 0.6) is 11.5 Å². The minimum absolute atomic E-state index is 0.0326. The van der Waals surface area contributed by atoms with Gasteiger partial charge in [0.2, 0.25) is 0 Å². The van der Waals surface area contributed by atoms with Crippen molar-refractivity contribution < 1.29 is 15.0 Å². The number of nitrogens with one attached hydrogen (secondary N) is 1. The molecule has 0 aliphatic heterocycles. The van der Waals surface area contributed by atoms with Crippen molar-refractivity contribution in [3.05, 3.63) is 23.8 Å². The van der Waals surface area contributed by atoms with E-state index in [9.17, 15) is 15.0 Å². The molecule has 1 aromatic carbocycles. The second-order valence-corrected chi connectivity index (χ2v) is 5.68. The van der Waals surface area contributed by atoms with Crippen molar-refractivity contribution in [1.29, 1.82) is 0 Å². The summed E-state index contributed by atoms with van der Waals surface area (Å²) in [6.45, 7) is 2.84. The third-order valence-corrected chi connectivity index (χ3v) is 4.34. The van der Waals surface area contributed by atoms with E-state index in [2.05, 4.69) is 12.2 Å². The van der Waals surface area contributed by atoms with Crippen molar-refractivity contribution in [3.63, 3.8) is 0 Å². The van der Waals surface area contributed by atoms with Gasteiger partial charge in [0, 0.05) is 6.54 Å². The standard InChI is InChI=1S/C16H23NO3/c1-2-11-6-8-12(9-7-11)10-17-16(20)15-13(18)4-3-5-14(15)19/h3-5,11-12,18-19H,2,6-10H2,1H3,(H,17,20). The number of benzene rings is 1. The van der Waals surface area contributed by atoms with Crippen LogP contribution < -0.4 is 5.32 Å². The van der Waals surface area contributed by atoms with Crippen molar-refractivity contribution in [1.82, 2.24) is 5.32 Å². The number of amides is 1. The Morgan fingerprint density at radius 1 is 1.15 bits per heavy atom. The van der Waals surface area contributed by atoms with E-state index < -0.39 is 5.91 Å². The van der Waals surface area contributed by atoms with Crippen LogP contribution in [0.3, 0.4) is 0 Å². The van der Waals surface area contributed by atoms with Gasteiger partial charge in [-0.15, -0.1) is 0 Å². The molecule has 2 rings (SSSR count). The van der Waals surface area contributed by atoms with Crippen LogP contribution in [0.25, 0.3) is 0 Å². The number of carbonyl (C=O) groups is 1.